The van der Waals surface area contributed by atoms with E-state index < -0.39 is 0 Å². The minimum absolute atomic E-state index is 0.305. The van der Waals surface area contributed by atoms with Gasteiger partial charge in [-0.25, -0.2) is 4.98 Å². The van der Waals surface area contributed by atoms with Crippen LogP contribution in [0.1, 0.15) is 23.4 Å². The number of fused-ring (bicyclic) bond motifs is 1. The number of hydrogen-bond donors (Lipinski definition) is 1. The Balaban J connectivity index is 1.59. The lowest BCUT2D eigenvalue weighted by Crippen LogP contribution is -2.19. The third kappa shape index (κ3) is 2.97. The molecule has 1 aliphatic heterocycles. The Bertz CT molecular complexity index is 589. The van der Waals surface area contributed by atoms with Gasteiger partial charge in [-0.2, -0.15) is 0 Å². The van der Waals surface area contributed by atoms with Crippen LogP contribution in [0.3, 0.4) is 0 Å². The maximum Gasteiger partial charge on any atom is 0.231 e. The standard InChI is InChI=1S/C14H15BrN2O2S/c1-9(14-17-2-3-20-14)6-16-7-10-4-12-13(5-11(10)15)19-8-18-12/h2-5,9,16H,6-8H2,1H3. The topological polar surface area (TPSA) is 43.4 Å². The van der Waals surface area contributed by atoms with E-state index in [9.17, 15) is 0 Å². The van der Waals surface area contributed by atoms with Crippen LogP contribution in [0.25, 0.3) is 0 Å². The predicted octanol–water partition coefficient (Wildman–Crippen LogP) is 3.53. The second-order valence-corrected chi connectivity index (χ2v) is 6.48. The third-order valence-electron chi connectivity index (χ3n) is 3.18. The van der Waals surface area contributed by atoms with Crippen molar-refractivity contribution in [1.82, 2.24) is 10.3 Å². The van der Waals surface area contributed by atoms with E-state index in [0.717, 1.165) is 29.1 Å². The SMILES string of the molecule is CC(CNCc1cc2c(cc1Br)OCO2)c1nccs1. The fraction of sp³-hybridized carbons (Fsp3) is 0.357. The number of thiazole rings is 1. The van der Waals surface area contributed by atoms with Gasteiger partial charge in [0.1, 0.15) is 0 Å². The van der Waals surface area contributed by atoms with E-state index >= 15 is 0 Å². The molecule has 0 amide bonds. The van der Waals surface area contributed by atoms with E-state index in [0.29, 0.717) is 12.7 Å². The first-order valence-corrected chi connectivity index (χ1v) is 8.09. The van der Waals surface area contributed by atoms with Crippen LogP contribution in [0.15, 0.2) is 28.2 Å². The number of ether oxygens (including phenoxy) is 2. The summed E-state index contributed by atoms with van der Waals surface area (Å²) in [5.74, 6) is 2.04. The van der Waals surface area contributed by atoms with Gasteiger partial charge in [0.15, 0.2) is 11.5 Å². The van der Waals surface area contributed by atoms with Crippen molar-refractivity contribution in [3.05, 3.63) is 38.8 Å². The van der Waals surface area contributed by atoms with Gasteiger partial charge >= 0.3 is 0 Å². The van der Waals surface area contributed by atoms with Gasteiger partial charge in [-0.05, 0) is 17.7 Å². The molecule has 1 atom stereocenters. The van der Waals surface area contributed by atoms with Gasteiger partial charge in [-0.1, -0.05) is 22.9 Å². The van der Waals surface area contributed by atoms with E-state index in [4.69, 9.17) is 9.47 Å². The molecule has 1 aromatic heterocycles. The first-order valence-electron chi connectivity index (χ1n) is 6.42. The molecule has 0 radical (unpaired) electrons. The number of nitrogens with one attached hydrogen (secondary N) is 1. The average molecular weight is 355 g/mol. The molecular weight excluding hydrogens is 340 g/mol. The zero-order chi connectivity index (χ0) is 13.9. The molecule has 1 aliphatic rings. The van der Waals surface area contributed by atoms with Crippen LogP contribution in [0.2, 0.25) is 0 Å². The fourth-order valence-electron chi connectivity index (χ4n) is 2.08. The highest BCUT2D eigenvalue weighted by molar-refractivity contribution is 9.10. The molecule has 3 rings (SSSR count). The Morgan fingerprint density at radius 3 is 2.95 bits per heavy atom. The van der Waals surface area contributed by atoms with Crippen molar-refractivity contribution in [1.29, 1.82) is 0 Å². The summed E-state index contributed by atoms with van der Waals surface area (Å²) in [4.78, 5) is 4.34. The number of rotatable bonds is 5. The third-order valence-corrected chi connectivity index (χ3v) is 4.93. The van der Waals surface area contributed by atoms with Gasteiger partial charge < -0.3 is 14.8 Å². The lowest BCUT2D eigenvalue weighted by Gasteiger charge is -2.11. The molecule has 2 heterocycles. The molecule has 0 aliphatic carbocycles. The largest absolute Gasteiger partial charge is 0.454 e. The van der Waals surface area contributed by atoms with Crippen LogP contribution in [-0.4, -0.2) is 18.3 Å². The Morgan fingerprint density at radius 1 is 1.40 bits per heavy atom. The molecule has 0 fully saturated rings. The number of hydrogen-bond acceptors (Lipinski definition) is 5. The summed E-state index contributed by atoms with van der Waals surface area (Å²) in [6.07, 6.45) is 1.85. The maximum absolute atomic E-state index is 5.40. The minimum atomic E-state index is 0.305. The van der Waals surface area contributed by atoms with E-state index in [2.05, 4.69) is 33.2 Å². The highest BCUT2D eigenvalue weighted by Crippen LogP contribution is 2.36. The summed E-state index contributed by atoms with van der Waals surface area (Å²) < 4.78 is 11.8. The highest BCUT2D eigenvalue weighted by atomic mass is 79.9. The van der Waals surface area contributed by atoms with E-state index in [1.807, 2.05) is 23.7 Å². The normalized spacial score (nSPS) is 14.5. The molecule has 4 nitrogen and oxygen atoms in total. The molecule has 6 heteroatoms. The molecule has 0 saturated carbocycles. The lowest BCUT2D eigenvalue weighted by atomic mass is 10.1. The second-order valence-electron chi connectivity index (χ2n) is 4.70. The Morgan fingerprint density at radius 2 is 2.20 bits per heavy atom. The summed E-state index contributed by atoms with van der Waals surface area (Å²) in [7, 11) is 0. The lowest BCUT2D eigenvalue weighted by molar-refractivity contribution is 0.174. The van der Waals surface area contributed by atoms with Crippen molar-refractivity contribution >= 4 is 27.3 Å². The van der Waals surface area contributed by atoms with Gasteiger partial charge in [-0.15, -0.1) is 11.3 Å². The van der Waals surface area contributed by atoms with Crippen molar-refractivity contribution in [2.75, 3.05) is 13.3 Å². The summed E-state index contributed by atoms with van der Waals surface area (Å²) in [6.45, 7) is 4.17. The van der Waals surface area contributed by atoms with E-state index in [1.54, 1.807) is 11.3 Å². The first kappa shape index (κ1) is 13.9. The number of benzene rings is 1. The van der Waals surface area contributed by atoms with Gasteiger partial charge in [-0.3, -0.25) is 0 Å². The quantitative estimate of drug-likeness (QED) is 0.891. The maximum atomic E-state index is 5.40. The molecule has 2 aromatic rings. The second kappa shape index (κ2) is 6.11. The summed E-state index contributed by atoms with van der Waals surface area (Å²) in [6, 6.07) is 3.98. The Kier molecular flexibility index (Phi) is 4.24. The zero-order valence-corrected chi connectivity index (χ0v) is 13.5. The molecule has 0 saturated heterocycles. The molecule has 1 unspecified atom stereocenters. The van der Waals surface area contributed by atoms with E-state index in [1.165, 1.54) is 10.6 Å². The monoisotopic (exact) mass is 354 g/mol. The minimum Gasteiger partial charge on any atom is -0.454 e. The van der Waals surface area contributed by atoms with Gasteiger partial charge in [0.2, 0.25) is 6.79 Å². The average Bonchev–Trinajstić information content (AvgIpc) is 3.08. The highest BCUT2D eigenvalue weighted by Gasteiger charge is 2.16. The van der Waals surface area contributed by atoms with Crippen LogP contribution in [0.4, 0.5) is 0 Å². The molecule has 20 heavy (non-hydrogen) atoms. The molecule has 0 spiro atoms. The Labute approximate surface area is 130 Å². The van der Waals surface area contributed by atoms with Crippen LogP contribution in [0, 0.1) is 0 Å². The summed E-state index contributed by atoms with van der Waals surface area (Å²) in [5, 5.41) is 6.64. The summed E-state index contributed by atoms with van der Waals surface area (Å²) >= 11 is 5.27. The summed E-state index contributed by atoms with van der Waals surface area (Å²) in [5.41, 5.74) is 1.17. The fourth-order valence-corrected chi connectivity index (χ4v) is 3.24. The zero-order valence-electron chi connectivity index (χ0n) is 11.1. The number of aromatic nitrogens is 1. The van der Waals surface area contributed by atoms with Crippen LogP contribution >= 0.6 is 27.3 Å². The first-order chi connectivity index (χ1) is 9.74. The Hall–Kier alpha value is -1.11. The van der Waals surface area contributed by atoms with Gasteiger partial charge in [0, 0.05) is 35.1 Å². The van der Waals surface area contributed by atoms with Crippen LogP contribution < -0.4 is 14.8 Å². The molecule has 1 N–H and O–H groups in total. The smallest absolute Gasteiger partial charge is 0.231 e. The molecule has 0 bridgehead atoms. The van der Waals surface area contributed by atoms with Crippen molar-refractivity contribution in [2.45, 2.75) is 19.4 Å². The van der Waals surface area contributed by atoms with Crippen molar-refractivity contribution in [3.63, 3.8) is 0 Å². The van der Waals surface area contributed by atoms with E-state index in [-0.39, 0.29) is 0 Å². The molecule has 106 valence electrons. The van der Waals surface area contributed by atoms with Gasteiger partial charge in [0.05, 0.1) is 5.01 Å². The van der Waals surface area contributed by atoms with Crippen molar-refractivity contribution in [3.8, 4) is 11.5 Å². The van der Waals surface area contributed by atoms with Crippen LogP contribution in [-0.2, 0) is 6.54 Å². The number of halogens is 1. The van der Waals surface area contributed by atoms with Crippen molar-refractivity contribution in [2.24, 2.45) is 0 Å². The molecule has 1 aromatic carbocycles. The molecular formula is C14H15BrN2O2S. The predicted molar refractivity (Wildman–Crippen MR) is 82.5 cm³/mol. The van der Waals surface area contributed by atoms with Gasteiger partial charge in [0.25, 0.3) is 0 Å². The van der Waals surface area contributed by atoms with Crippen LogP contribution in [0.5, 0.6) is 11.5 Å². The van der Waals surface area contributed by atoms with Crippen molar-refractivity contribution < 1.29 is 9.47 Å². The number of nitrogens with zero attached hydrogens (tertiary/aromatic N) is 1.